The highest BCUT2D eigenvalue weighted by molar-refractivity contribution is 6.15. The van der Waals surface area contributed by atoms with Crippen molar-refractivity contribution in [2.24, 2.45) is 0 Å². The smallest absolute Gasteiger partial charge is 0.0782 e. The highest BCUT2D eigenvalue weighted by Crippen LogP contribution is 2.45. The lowest BCUT2D eigenvalue weighted by Gasteiger charge is -2.27. The molecule has 0 spiro atoms. The van der Waals surface area contributed by atoms with Crippen molar-refractivity contribution in [1.29, 1.82) is 0 Å². The summed E-state index contributed by atoms with van der Waals surface area (Å²) in [5, 5.41) is 4.89. The first kappa shape index (κ1) is 32.8. The second-order valence-electron chi connectivity index (χ2n) is 14.6. The van der Waals surface area contributed by atoms with E-state index in [2.05, 4.69) is 238 Å². The topological polar surface area (TPSA) is 13.1 Å². The molecule has 0 saturated carbocycles. The van der Waals surface area contributed by atoms with Crippen LogP contribution in [0.1, 0.15) is 0 Å². The van der Waals surface area contributed by atoms with Gasteiger partial charge in [0.2, 0.25) is 0 Å². The van der Waals surface area contributed by atoms with Gasteiger partial charge in [0.25, 0.3) is 0 Å². The predicted octanol–water partition coefficient (Wildman–Crippen LogP) is 14.7. The fourth-order valence-corrected chi connectivity index (χ4v) is 8.70. The summed E-state index contributed by atoms with van der Waals surface area (Å²) in [6.07, 6.45) is 0. The van der Waals surface area contributed by atoms with Crippen molar-refractivity contribution in [1.82, 2.24) is 9.13 Å². The summed E-state index contributed by atoms with van der Waals surface area (Å²) < 4.78 is 4.87. The van der Waals surface area contributed by atoms with Crippen molar-refractivity contribution < 1.29 is 0 Å². The third-order valence-corrected chi connectivity index (χ3v) is 11.3. The Balaban J connectivity index is 1.17. The Bertz CT molecular complexity index is 3200. The molecule has 11 aromatic rings. The van der Waals surface area contributed by atoms with Crippen LogP contribution in [0.5, 0.6) is 0 Å². The van der Waals surface area contributed by atoms with Crippen LogP contribution >= 0.6 is 0 Å². The molecule has 0 aliphatic heterocycles. The van der Waals surface area contributed by atoms with Gasteiger partial charge >= 0.3 is 0 Å². The van der Waals surface area contributed by atoms with E-state index in [1.165, 1.54) is 54.8 Å². The van der Waals surface area contributed by atoms with Crippen molar-refractivity contribution >= 4 is 60.7 Å². The average Bonchev–Trinajstić information content (AvgIpc) is 3.80. The highest BCUT2D eigenvalue weighted by atomic mass is 15.2. The maximum atomic E-state index is 2.44. The number of hydrogen-bond acceptors (Lipinski definition) is 1. The molecule has 0 radical (unpaired) electrons. The van der Waals surface area contributed by atoms with E-state index in [4.69, 9.17) is 0 Å². The minimum Gasteiger partial charge on any atom is -0.309 e. The van der Waals surface area contributed by atoms with Crippen molar-refractivity contribution in [3.05, 3.63) is 224 Å². The minimum absolute atomic E-state index is 1.08. The molecular formula is C54H37N3. The SMILES string of the molecule is c1ccc(-c2ccc(-n3c4ccccc4c4cccc(N(c5ccccc5)c5ccc6c7ccc(-c8ccccc8)cc7n(-c7ccccc7)c6c5)c43)cc2)cc1. The lowest BCUT2D eigenvalue weighted by atomic mass is 10.0. The van der Waals surface area contributed by atoms with Crippen LogP contribution in [-0.4, -0.2) is 9.13 Å². The molecule has 0 unspecified atom stereocenters. The van der Waals surface area contributed by atoms with Crippen LogP contribution in [0.15, 0.2) is 224 Å². The third-order valence-electron chi connectivity index (χ3n) is 11.3. The van der Waals surface area contributed by atoms with Crippen molar-refractivity contribution in [2.75, 3.05) is 4.90 Å². The first-order chi connectivity index (χ1) is 28.3. The third kappa shape index (κ3) is 5.51. The van der Waals surface area contributed by atoms with E-state index >= 15 is 0 Å². The molecule has 0 bridgehead atoms. The van der Waals surface area contributed by atoms with E-state index < -0.39 is 0 Å². The van der Waals surface area contributed by atoms with Crippen LogP contribution in [0, 0.1) is 0 Å². The molecule has 2 aromatic heterocycles. The summed E-state index contributed by atoms with van der Waals surface area (Å²) in [7, 11) is 0. The van der Waals surface area contributed by atoms with Crippen LogP contribution in [0.2, 0.25) is 0 Å². The Morgan fingerprint density at radius 2 is 0.789 bits per heavy atom. The monoisotopic (exact) mass is 727 g/mol. The fourth-order valence-electron chi connectivity index (χ4n) is 8.70. The summed E-state index contributed by atoms with van der Waals surface area (Å²) in [4.78, 5) is 2.43. The summed E-state index contributed by atoms with van der Waals surface area (Å²) in [5.41, 5.74) is 15.0. The fraction of sp³-hybridized carbons (Fsp3) is 0. The van der Waals surface area contributed by atoms with Gasteiger partial charge in [-0.1, -0.05) is 158 Å². The van der Waals surface area contributed by atoms with Crippen molar-refractivity contribution in [3.8, 4) is 33.6 Å². The molecule has 3 nitrogen and oxygen atoms in total. The van der Waals surface area contributed by atoms with Gasteiger partial charge in [-0.15, -0.1) is 0 Å². The van der Waals surface area contributed by atoms with Crippen LogP contribution < -0.4 is 4.90 Å². The zero-order valence-corrected chi connectivity index (χ0v) is 31.2. The van der Waals surface area contributed by atoms with Crippen LogP contribution in [0.3, 0.4) is 0 Å². The number of benzene rings is 9. The van der Waals surface area contributed by atoms with E-state index in [1.54, 1.807) is 0 Å². The van der Waals surface area contributed by atoms with Crippen LogP contribution in [-0.2, 0) is 0 Å². The molecule has 268 valence electrons. The molecule has 0 atom stereocenters. The van der Waals surface area contributed by atoms with Gasteiger partial charge in [-0.05, 0) is 89.0 Å². The maximum absolute atomic E-state index is 2.44. The second-order valence-corrected chi connectivity index (χ2v) is 14.6. The molecule has 0 amide bonds. The zero-order valence-electron chi connectivity index (χ0n) is 31.2. The molecular weight excluding hydrogens is 691 g/mol. The maximum Gasteiger partial charge on any atom is 0.0782 e. The standard InChI is InChI=1S/C54H37N3/c1-5-16-38(17-6-1)40-28-31-44(32-29-40)57-50-26-14-13-24-46(50)49-25-15-27-51(54(49)57)55(42-20-9-3-10-21-42)45-33-35-48-47-34-30-41(39-18-7-2-8-19-39)36-52(47)56(53(48)37-45)43-22-11-4-12-23-43/h1-37H. The minimum atomic E-state index is 1.08. The molecule has 0 fully saturated rings. The Kier molecular flexibility index (Phi) is 7.82. The average molecular weight is 728 g/mol. The number of fused-ring (bicyclic) bond motifs is 6. The summed E-state index contributed by atoms with van der Waals surface area (Å²) in [5.74, 6) is 0. The lowest BCUT2D eigenvalue weighted by Crippen LogP contribution is -2.11. The number of nitrogens with zero attached hydrogens (tertiary/aromatic N) is 3. The molecule has 9 aromatic carbocycles. The Morgan fingerprint density at radius 3 is 1.51 bits per heavy atom. The first-order valence-corrected chi connectivity index (χ1v) is 19.5. The molecule has 57 heavy (non-hydrogen) atoms. The number of aromatic nitrogens is 2. The number of para-hydroxylation sites is 4. The van der Waals surface area contributed by atoms with Crippen molar-refractivity contribution in [2.45, 2.75) is 0 Å². The summed E-state index contributed by atoms with van der Waals surface area (Å²) >= 11 is 0. The van der Waals surface area contributed by atoms with Gasteiger partial charge in [0.15, 0.2) is 0 Å². The van der Waals surface area contributed by atoms with Gasteiger partial charge in [-0.25, -0.2) is 0 Å². The lowest BCUT2D eigenvalue weighted by molar-refractivity contribution is 1.16. The van der Waals surface area contributed by atoms with Crippen molar-refractivity contribution in [3.63, 3.8) is 0 Å². The molecule has 3 heteroatoms. The molecule has 0 N–H and O–H groups in total. The first-order valence-electron chi connectivity index (χ1n) is 19.5. The Labute approximate surface area is 331 Å². The van der Waals surface area contributed by atoms with Crippen LogP contribution in [0.25, 0.3) is 77.2 Å². The van der Waals surface area contributed by atoms with Crippen LogP contribution in [0.4, 0.5) is 17.1 Å². The molecule has 0 saturated heterocycles. The van der Waals surface area contributed by atoms with Gasteiger partial charge in [0, 0.05) is 44.3 Å². The van der Waals surface area contributed by atoms with Gasteiger partial charge in [0.05, 0.1) is 27.8 Å². The second kappa shape index (κ2) is 13.6. The molecule has 11 rings (SSSR count). The van der Waals surface area contributed by atoms with E-state index in [9.17, 15) is 0 Å². The largest absolute Gasteiger partial charge is 0.309 e. The van der Waals surface area contributed by atoms with Gasteiger partial charge in [0.1, 0.15) is 0 Å². The number of anilines is 3. The predicted molar refractivity (Wildman–Crippen MR) is 241 cm³/mol. The molecule has 0 aliphatic carbocycles. The summed E-state index contributed by atoms with van der Waals surface area (Å²) in [6.45, 7) is 0. The summed E-state index contributed by atoms with van der Waals surface area (Å²) in [6, 6.07) is 81.1. The van der Waals surface area contributed by atoms with Gasteiger partial charge < -0.3 is 14.0 Å². The van der Waals surface area contributed by atoms with E-state index in [-0.39, 0.29) is 0 Å². The quantitative estimate of drug-likeness (QED) is 0.159. The normalized spacial score (nSPS) is 11.5. The Morgan fingerprint density at radius 1 is 0.281 bits per heavy atom. The number of rotatable bonds is 7. The number of hydrogen-bond donors (Lipinski definition) is 0. The Hall–Kier alpha value is -7.62. The molecule has 2 heterocycles. The van der Waals surface area contributed by atoms with E-state index in [0.29, 0.717) is 0 Å². The highest BCUT2D eigenvalue weighted by Gasteiger charge is 2.23. The van der Waals surface area contributed by atoms with Gasteiger partial charge in [-0.2, -0.15) is 0 Å². The van der Waals surface area contributed by atoms with E-state index in [1.807, 2.05) is 0 Å². The zero-order chi connectivity index (χ0) is 37.7. The van der Waals surface area contributed by atoms with E-state index in [0.717, 1.165) is 39.5 Å². The van der Waals surface area contributed by atoms with Gasteiger partial charge in [-0.3, -0.25) is 0 Å². The molecule has 0 aliphatic rings.